The van der Waals surface area contributed by atoms with Gasteiger partial charge in [-0.25, -0.2) is 0 Å². The summed E-state index contributed by atoms with van der Waals surface area (Å²) in [5.74, 6) is 0.718. The number of aromatic amines is 1. The summed E-state index contributed by atoms with van der Waals surface area (Å²) >= 11 is 0. The first-order valence-electron chi connectivity index (χ1n) is 6.05. The zero-order valence-electron chi connectivity index (χ0n) is 11.4. The fraction of sp³-hybridized carbons (Fsp3) is 0.231. The molecule has 0 bridgehead atoms. The van der Waals surface area contributed by atoms with E-state index in [2.05, 4.69) is 20.8 Å². The highest BCUT2D eigenvalue weighted by atomic mass is 16.5. The van der Waals surface area contributed by atoms with Crippen molar-refractivity contribution in [1.29, 1.82) is 0 Å². The summed E-state index contributed by atoms with van der Waals surface area (Å²) in [5, 5.41) is 0.995. The maximum atomic E-state index is 11.7. The van der Waals surface area contributed by atoms with E-state index in [0.29, 0.717) is 0 Å². The Kier molecular flexibility index (Phi) is 4.09. The number of hydrazine groups is 1. The predicted molar refractivity (Wildman–Crippen MR) is 77.4 cm³/mol. The lowest BCUT2D eigenvalue weighted by Gasteiger charge is -2.05. The largest absolute Gasteiger partial charge is 0.497 e. The van der Waals surface area contributed by atoms with E-state index >= 15 is 0 Å². The van der Waals surface area contributed by atoms with Crippen LogP contribution in [0.2, 0.25) is 0 Å². The van der Waals surface area contributed by atoms with Gasteiger partial charge >= 0.3 is 0 Å². The molecule has 7 heteroatoms. The molecule has 1 aromatic carbocycles. The van der Waals surface area contributed by atoms with Gasteiger partial charge < -0.3 is 15.5 Å². The van der Waals surface area contributed by atoms with Crippen LogP contribution in [0.15, 0.2) is 29.3 Å². The number of carbonyl (C=O) groups excluding carboxylic acids is 1. The number of nitrogens with two attached hydrogens (primary N) is 1. The minimum absolute atomic E-state index is 0.153. The van der Waals surface area contributed by atoms with Crippen molar-refractivity contribution in [3.63, 3.8) is 0 Å². The van der Waals surface area contributed by atoms with Crippen molar-refractivity contribution in [1.82, 2.24) is 15.8 Å². The van der Waals surface area contributed by atoms with Crippen LogP contribution in [0.1, 0.15) is 5.69 Å². The third kappa shape index (κ3) is 3.19. The summed E-state index contributed by atoms with van der Waals surface area (Å²) in [6, 6.07) is 7.60. The number of H-pyrrole nitrogens is 1. The molecule has 20 heavy (non-hydrogen) atoms. The van der Waals surface area contributed by atoms with Crippen molar-refractivity contribution in [2.75, 3.05) is 14.2 Å². The lowest BCUT2D eigenvalue weighted by atomic mass is 10.2. The van der Waals surface area contributed by atoms with Gasteiger partial charge in [0.2, 0.25) is 11.9 Å². The molecule has 0 fully saturated rings. The summed E-state index contributed by atoms with van der Waals surface area (Å²) in [6.45, 7) is 0. The molecule has 0 aliphatic rings. The standard InChI is InChI=1S/C13H17N5O2/c1-15-13(14)18-17-12(19)7-9-5-8-6-10(20-2)3-4-11(8)16-9/h3-6,16H,7H2,1-2H3,(H,17,19)(H3,14,15,18). The third-order valence-corrected chi connectivity index (χ3v) is 2.81. The second kappa shape index (κ2) is 5.96. The van der Waals surface area contributed by atoms with Gasteiger partial charge in [-0.15, -0.1) is 0 Å². The van der Waals surface area contributed by atoms with Crippen molar-refractivity contribution in [2.24, 2.45) is 10.7 Å². The maximum absolute atomic E-state index is 11.7. The molecule has 0 aliphatic carbocycles. The van der Waals surface area contributed by atoms with Gasteiger partial charge in [-0.1, -0.05) is 0 Å². The SMILES string of the molecule is CN=C(N)NNC(=O)Cc1cc2cc(OC)ccc2[nH]1. The molecule has 2 aromatic rings. The lowest BCUT2D eigenvalue weighted by Crippen LogP contribution is -2.46. The van der Waals surface area contributed by atoms with Gasteiger partial charge in [0.1, 0.15) is 5.75 Å². The van der Waals surface area contributed by atoms with Crippen LogP contribution in [-0.4, -0.2) is 31.0 Å². The lowest BCUT2D eigenvalue weighted by molar-refractivity contribution is -0.121. The van der Waals surface area contributed by atoms with Gasteiger partial charge in [-0.3, -0.25) is 20.6 Å². The highest BCUT2D eigenvalue weighted by Gasteiger charge is 2.07. The van der Waals surface area contributed by atoms with Gasteiger partial charge in [0, 0.05) is 23.6 Å². The predicted octanol–water partition coefficient (Wildman–Crippen LogP) is 0.284. The highest BCUT2D eigenvalue weighted by Crippen LogP contribution is 2.21. The van der Waals surface area contributed by atoms with E-state index in [1.54, 1.807) is 7.11 Å². The number of aliphatic imine (C=N–C) groups is 1. The maximum Gasteiger partial charge on any atom is 0.244 e. The van der Waals surface area contributed by atoms with E-state index in [0.717, 1.165) is 22.3 Å². The summed E-state index contributed by atoms with van der Waals surface area (Å²) in [6.07, 6.45) is 0.209. The number of hydrogen-bond acceptors (Lipinski definition) is 3. The molecule has 0 spiro atoms. The Hall–Kier alpha value is -2.70. The number of methoxy groups -OCH3 is 1. The number of fused-ring (bicyclic) bond motifs is 1. The number of nitrogens with zero attached hydrogens (tertiary/aromatic N) is 1. The number of hydrogen-bond donors (Lipinski definition) is 4. The molecule has 0 radical (unpaired) electrons. The van der Waals surface area contributed by atoms with Crippen LogP contribution >= 0.6 is 0 Å². The summed E-state index contributed by atoms with van der Waals surface area (Å²) in [7, 11) is 3.15. The van der Waals surface area contributed by atoms with Crippen molar-refractivity contribution >= 4 is 22.8 Å². The smallest absolute Gasteiger partial charge is 0.244 e. The molecule has 0 saturated heterocycles. The average molecular weight is 275 g/mol. The van der Waals surface area contributed by atoms with Crippen LogP contribution in [0.3, 0.4) is 0 Å². The van der Waals surface area contributed by atoms with Crippen molar-refractivity contribution < 1.29 is 9.53 Å². The van der Waals surface area contributed by atoms with Gasteiger partial charge in [-0.2, -0.15) is 0 Å². The van der Waals surface area contributed by atoms with E-state index in [4.69, 9.17) is 10.5 Å². The Bertz CT molecular complexity index is 647. The quantitative estimate of drug-likeness (QED) is 0.367. The van der Waals surface area contributed by atoms with Crippen LogP contribution in [0.25, 0.3) is 10.9 Å². The average Bonchev–Trinajstić information content (AvgIpc) is 2.85. The molecule has 5 N–H and O–H groups in total. The molecule has 0 atom stereocenters. The second-order valence-electron chi connectivity index (χ2n) is 4.21. The molecular formula is C13H17N5O2. The second-order valence-corrected chi connectivity index (χ2v) is 4.21. The molecule has 0 unspecified atom stereocenters. The zero-order valence-corrected chi connectivity index (χ0v) is 11.4. The summed E-state index contributed by atoms with van der Waals surface area (Å²) in [4.78, 5) is 18.5. The Morgan fingerprint density at radius 3 is 2.90 bits per heavy atom. The molecule has 0 saturated carbocycles. The molecule has 7 nitrogen and oxygen atoms in total. The summed E-state index contributed by atoms with van der Waals surface area (Å²) in [5.41, 5.74) is 12.1. The minimum atomic E-state index is -0.213. The number of aromatic nitrogens is 1. The van der Waals surface area contributed by atoms with Crippen LogP contribution in [-0.2, 0) is 11.2 Å². The normalized spacial score (nSPS) is 11.4. The molecule has 106 valence electrons. The fourth-order valence-electron chi connectivity index (χ4n) is 1.80. The number of rotatable bonds is 3. The van der Waals surface area contributed by atoms with E-state index < -0.39 is 0 Å². The first-order valence-corrected chi connectivity index (χ1v) is 6.05. The van der Waals surface area contributed by atoms with Crippen LogP contribution in [0, 0.1) is 0 Å². The number of guanidine groups is 1. The van der Waals surface area contributed by atoms with Crippen molar-refractivity contribution in [2.45, 2.75) is 6.42 Å². The van der Waals surface area contributed by atoms with Crippen LogP contribution < -0.4 is 21.3 Å². The van der Waals surface area contributed by atoms with E-state index in [-0.39, 0.29) is 18.3 Å². The van der Waals surface area contributed by atoms with E-state index in [1.807, 2.05) is 24.3 Å². The first-order chi connectivity index (χ1) is 9.62. The number of nitrogens with one attached hydrogen (secondary N) is 3. The number of amides is 1. The monoisotopic (exact) mass is 275 g/mol. The van der Waals surface area contributed by atoms with Crippen LogP contribution in [0.5, 0.6) is 5.75 Å². The van der Waals surface area contributed by atoms with Crippen molar-refractivity contribution in [3.05, 3.63) is 30.0 Å². The molecule has 1 aromatic heterocycles. The molecule has 2 rings (SSSR count). The molecule has 1 heterocycles. The number of ether oxygens (including phenoxy) is 1. The van der Waals surface area contributed by atoms with Crippen LogP contribution in [0.4, 0.5) is 0 Å². The minimum Gasteiger partial charge on any atom is -0.497 e. The highest BCUT2D eigenvalue weighted by molar-refractivity contribution is 5.86. The third-order valence-electron chi connectivity index (χ3n) is 2.81. The van der Waals surface area contributed by atoms with E-state index in [1.165, 1.54) is 7.05 Å². The number of benzene rings is 1. The van der Waals surface area contributed by atoms with Gasteiger partial charge in [0.25, 0.3) is 0 Å². The Labute approximate surface area is 116 Å². The molecular weight excluding hydrogens is 258 g/mol. The Morgan fingerprint density at radius 2 is 2.20 bits per heavy atom. The van der Waals surface area contributed by atoms with Crippen molar-refractivity contribution in [3.8, 4) is 5.75 Å². The van der Waals surface area contributed by atoms with Gasteiger partial charge in [0.05, 0.1) is 13.5 Å². The van der Waals surface area contributed by atoms with E-state index in [9.17, 15) is 4.79 Å². The van der Waals surface area contributed by atoms with Gasteiger partial charge in [0.15, 0.2) is 0 Å². The molecule has 0 aliphatic heterocycles. The Morgan fingerprint density at radius 1 is 1.40 bits per heavy atom. The molecule has 1 amide bonds. The first kappa shape index (κ1) is 13.7. The van der Waals surface area contributed by atoms with Gasteiger partial charge in [-0.05, 0) is 24.3 Å². The summed E-state index contributed by atoms with van der Waals surface area (Å²) < 4.78 is 5.16. The zero-order chi connectivity index (χ0) is 14.5. The topological polar surface area (TPSA) is 105 Å². The fourth-order valence-corrected chi connectivity index (χ4v) is 1.80. The Balaban J connectivity index is 2.04. The number of carbonyl (C=O) groups is 1.